The lowest BCUT2D eigenvalue weighted by molar-refractivity contribution is -0.139. The number of aliphatic hydroxyl groups is 1. The summed E-state index contributed by atoms with van der Waals surface area (Å²) in [6.45, 7) is 5.71. The van der Waals surface area contributed by atoms with E-state index in [4.69, 9.17) is 16.3 Å². The highest BCUT2D eigenvalue weighted by molar-refractivity contribution is 5.81. The first-order chi connectivity index (χ1) is 11.1. The third kappa shape index (κ3) is 4.98. The van der Waals surface area contributed by atoms with Gasteiger partial charge in [0.25, 0.3) is 5.91 Å². The minimum Gasteiger partial charge on any atom is -0.481 e. The van der Waals surface area contributed by atoms with E-state index in [1.165, 1.54) is 0 Å². The molecule has 1 aliphatic heterocycles. The van der Waals surface area contributed by atoms with Crippen LogP contribution in [0.1, 0.15) is 18.9 Å². The molecule has 23 heavy (non-hydrogen) atoms. The lowest BCUT2D eigenvalue weighted by atomic mass is 10.2. The maximum atomic E-state index is 12.5. The molecule has 1 heterocycles. The number of carbonyl (C=O) groups is 1. The molecule has 1 atom stereocenters. The van der Waals surface area contributed by atoms with Gasteiger partial charge in [-0.1, -0.05) is 12.1 Å². The van der Waals surface area contributed by atoms with E-state index in [-0.39, 0.29) is 12.5 Å². The number of ether oxygens (including phenoxy) is 1. The van der Waals surface area contributed by atoms with Crippen LogP contribution in [0.3, 0.4) is 0 Å². The summed E-state index contributed by atoms with van der Waals surface area (Å²) in [5.41, 5.74) is 0.768. The highest BCUT2D eigenvalue weighted by atomic mass is 16.5. The minimum atomic E-state index is -0.541. The minimum absolute atomic E-state index is 0.00370. The molecule has 2 rings (SSSR count). The van der Waals surface area contributed by atoms with Crippen LogP contribution < -0.4 is 4.74 Å². The Balaban J connectivity index is 1.84. The van der Waals surface area contributed by atoms with Gasteiger partial charge in [0.2, 0.25) is 0 Å². The molecule has 0 aliphatic carbocycles. The number of nitrogens with zero attached hydrogens (tertiary/aromatic N) is 2. The molecule has 5 nitrogen and oxygen atoms in total. The van der Waals surface area contributed by atoms with Gasteiger partial charge >= 0.3 is 0 Å². The lowest BCUT2D eigenvalue weighted by Gasteiger charge is -2.35. The van der Waals surface area contributed by atoms with Crippen molar-refractivity contribution < 1.29 is 14.6 Å². The first-order valence-electron chi connectivity index (χ1n) is 7.95. The average molecular weight is 316 g/mol. The third-order valence-electron chi connectivity index (χ3n) is 4.00. The highest BCUT2D eigenvalue weighted by Gasteiger charge is 2.25. The highest BCUT2D eigenvalue weighted by Crippen LogP contribution is 2.16. The fourth-order valence-corrected chi connectivity index (χ4v) is 2.64. The predicted octanol–water partition coefficient (Wildman–Crippen LogP) is 1.11. The number of terminal acetylenes is 1. The fourth-order valence-electron chi connectivity index (χ4n) is 2.64. The van der Waals surface area contributed by atoms with Crippen LogP contribution in [0.15, 0.2) is 24.3 Å². The van der Waals surface area contributed by atoms with Gasteiger partial charge in [0.1, 0.15) is 5.75 Å². The van der Waals surface area contributed by atoms with Crippen LogP contribution in [0.5, 0.6) is 5.75 Å². The molecule has 0 bridgehead atoms. The standard InChI is InChI=1S/C18H24N2O3/c1-3-4-8-19-9-11-20(12-10-19)18(22)15(2)23-17-7-5-6-16(13-17)14-21/h1,5-7,13,15,21H,4,8-12,14H2,2H3. The molecule has 1 amide bonds. The Morgan fingerprint density at radius 3 is 2.78 bits per heavy atom. The van der Waals surface area contributed by atoms with Gasteiger partial charge in [-0.15, -0.1) is 12.3 Å². The van der Waals surface area contributed by atoms with Crippen LogP contribution >= 0.6 is 0 Å². The number of amides is 1. The molecule has 1 unspecified atom stereocenters. The lowest BCUT2D eigenvalue weighted by Crippen LogP contribution is -2.51. The van der Waals surface area contributed by atoms with Crippen LogP contribution in [0.2, 0.25) is 0 Å². The Morgan fingerprint density at radius 1 is 1.39 bits per heavy atom. The zero-order valence-electron chi connectivity index (χ0n) is 13.6. The van der Waals surface area contributed by atoms with Gasteiger partial charge in [0, 0.05) is 39.1 Å². The molecule has 0 radical (unpaired) electrons. The molecular weight excluding hydrogens is 292 g/mol. The van der Waals surface area contributed by atoms with Crippen molar-refractivity contribution in [3.05, 3.63) is 29.8 Å². The summed E-state index contributed by atoms with van der Waals surface area (Å²) in [5.74, 6) is 3.24. The van der Waals surface area contributed by atoms with Crippen molar-refractivity contribution in [3.8, 4) is 18.1 Å². The molecule has 124 valence electrons. The van der Waals surface area contributed by atoms with E-state index in [0.29, 0.717) is 18.8 Å². The summed E-state index contributed by atoms with van der Waals surface area (Å²) in [7, 11) is 0. The second kappa shape index (κ2) is 8.56. The summed E-state index contributed by atoms with van der Waals surface area (Å²) in [6.07, 6.45) is 5.49. The fraction of sp³-hybridized carbons (Fsp3) is 0.500. The van der Waals surface area contributed by atoms with Crippen molar-refractivity contribution in [3.63, 3.8) is 0 Å². The predicted molar refractivity (Wildman–Crippen MR) is 88.9 cm³/mol. The molecule has 1 aromatic carbocycles. The molecule has 1 fully saturated rings. The van der Waals surface area contributed by atoms with E-state index in [0.717, 1.165) is 31.6 Å². The molecule has 0 saturated carbocycles. The molecule has 1 saturated heterocycles. The first kappa shape index (κ1) is 17.3. The molecular formula is C18H24N2O3. The summed E-state index contributed by atoms with van der Waals surface area (Å²) < 4.78 is 5.72. The van der Waals surface area contributed by atoms with Gasteiger partial charge in [0.05, 0.1) is 6.61 Å². The van der Waals surface area contributed by atoms with Gasteiger partial charge in [-0.05, 0) is 24.6 Å². The van der Waals surface area contributed by atoms with Crippen LogP contribution in [0.4, 0.5) is 0 Å². The van der Waals surface area contributed by atoms with Crippen LogP contribution in [0.25, 0.3) is 0 Å². The number of hydrogen-bond donors (Lipinski definition) is 1. The van der Waals surface area contributed by atoms with E-state index in [1.54, 1.807) is 19.1 Å². The average Bonchev–Trinajstić information content (AvgIpc) is 2.60. The van der Waals surface area contributed by atoms with Gasteiger partial charge in [-0.2, -0.15) is 0 Å². The zero-order chi connectivity index (χ0) is 16.7. The molecule has 1 aromatic rings. The molecule has 1 N–H and O–H groups in total. The number of benzene rings is 1. The van der Waals surface area contributed by atoms with Crippen LogP contribution in [-0.2, 0) is 11.4 Å². The number of hydrogen-bond acceptors (Lipinski definition) is 4. The molecule has 1 aliphatic rings. The molecule has 0 aromatic heterocycles. The first-order valence-corrected chi connectivity index (χ1v) is 7.95. The van der Waals surface area contributed by atoms with E-state index >= 15 is 0 Å². The summed E-state index contributed by atoms with van der Waals surface area (Å²) in [6, 6.07) is 7.17. The number of carbonyl (C=O) groups excluding carboxylic acids is 1. The van der Waals surface area contributed by atoms with E-state index in [2.05, 4.69) is 10.8 Å². The summed E-state index contributed by atoms with van der Waals surface area (Å²) in [5, 5.41) is 9.15. The van der Waals surface area contributed by atoms with Gasteiger partial charge in [-0.3, -0.25) is 9.69 Å². The second-order valence-electron chi connectivity index (χ2n) is 5.69. The smallest absolute Gasteiger partial charge is 0.263 e. The van der Waals surface area contributed by atoms with Crippen molar-refractivity contribution >= 4 is 5.91 Å². The normalized spacial score (nSPS) is 16.7. The Morgan fingerprint density at radius 2 is 2.13 bits per heavy atom. The van der Waals surface area contributed by atoms with E-state index in [1.807, 2.05) is 17.0 Å². The Bertz CT molecular complexity index is 560. The summed E-state index contributed by atoms with van der Waals surface area (Å²) in [4.78, 5) is 16.6. The van der Waals surface area contributed by atoms with E-state index in [9.17, 15) is 4.79 Å². The van der Waals surface area contributed by atoms with Gasteiger partial charge in [0.15, 0.2) is 6.10 Å². The quantitative estimate of drug-likeness (QED) is 0.799. The maximum absolute atomic E-state index is 12.5. The van der Waals surface area contributed by atoms with Crippen LogP contribution in [-0.4, -0.2) is 59.6 Å². The van der Waals surface area contributed by atoms with Crippen LogP contribution in [0, 0.1) is 12.3 Å². The van der Waals surface area contributed by atoms with Crippen molar-refractivity contribution in [2.45, 2.75) is 26.1 Å². The Labute approximate surface area is 137 Å². The van der Waals surface area contributed by atoms with E-state index < -0.39 is 6.10 Å². The maximum Gasteiger partial charge on any atom is 0.263 e. The van der Waals surface area contributed by atoms with Crippen molar-refractivity contribution in [1.82, 2.24) is 9.80 Å². The van der Waals surface area contributed by atoms with Crippen molar-refractivity contribution in [2.75, 3.05) is 32.7 Å². The topological polar surface area (TPSA) is 53.0 Å². The molecule has 0 spiro atoms. The second-order valence-corrected chi connectivity index (χ2v) is 5.69. The van der Waals surface area contributed by atoms with Crippen molar-refractivity contribution in [2.24, 2.45) is 0 Å². The number of rotatable bonds is 6. The van der Waals surface area contributed by atoms with Crippen molar-refractivity contribution in [1.29, 1.82) is 0 Å². The Kier molecular flexibility index (Phi) is 6.45. The SMILES string of the molecule is C#CCCN1CCN(C(=O)C(C)Oc2cccc(CO)c2)CC1. The monoisotopic (exact) mass is 316 g/mol. The third-order valence-corrected chi connectivity index (χ3v) is 4.00. The zero-order valence-corrected chi connectivity index (χ0v) is 13.6. The molecule has 5 heteroatoms. The number of piperazine rings is 1. The van der Waals surface area contributed by atoms with Gasteiger partial charge < -0.3 is 14.7 Å². The largest absolute Gasteiger partial charge is 0.481 e. The number of aliphatic hydroxyl groups excluding tert-OH is 1. The Hall–Kier alpha value is -2.03. The van der Waals surface area contributed by atoms with Gasteiger partial charge in [-0.25, -0.2) is 0 Å². The summed E-state index contributed by atoms with van der Waals surface area (Å²) >= 11 is 0.